The Labute approximate surface area is 73.6 Å². The molecular formula is C10H16O2. The van der Waals surface area contributed by atoms with E-state index in [1.54, 1.807) is 6.08 Å². The van der Waals surface area contributed by atoms with Gasteiger partial charge in [-0.05, 0) is 13.3 Å². The third kappa shape index (κ3) is 2.68. The van der Waals surface area contributed by atoms with Crippen molar-refractivity contribution in [1.82, 2.24) is 0 Å². The van der Waals surface area contributed by atoms with Crippen molar-refractivity contribution in [3.63, 3.8) is 0 Å². The molecule has 1 unspecified atom stereocenters. The fourth-order valence-electron chi connectivity index (χ4n) is 1.44. The second kappa shape index (κ2) is 4.29. The number of ether oxygens (including phenoxy) is 1. The molecule has 0 aromatic heterocycles. The molecule has 68 valence electrons. The van der Waals surface area contributed by atoms with Gasteiger partial charge < -0.3 is 4.74 Å². The van der Waals surface area contributed by atoms with Gasteiger partial charge in [-0.3, -0.25) is 4.79 Å². The fourth-order valence-corrected chi connectivity index (χ4v) is 1.44. The smallest absolute Gasteiger partial charge is 0.162 e. The number of hydrogen-bond donors (Lipinski definition) is 0. The third-order valence-electron chi connectivity index (χ3n) is 2.03. The predicted octanol–water partition coefficient (Wildman–Crippen LogP) is 2.44. The van der Waals surface area contributed by atoms with Gasteiger partial charge in [-0.15, -0.1) is 0 Å². The summed E-state index contributed by atoms with van der Waals surface area (Å²) in [6, 6.07) is 0. The van der Waals surface area contributed by atoms with Crippen molar-refractivity contribution in [2.24, 2.45) is 0 Å². The average Bonchev–Trinajstić information content (AvgIpc) is 1.99. The SMILES string of the molecule is CCCCC1CC(=O)C=C(C)O1. The lowest BCUT2D eigenvalue weighted by atomic mass is 10.0. The molecule has 12 heavy (non-hydrogen) atoms. The molecule has 0 radical (unpaired) electrons. The molecular weight excluding hydrogens is 152 g/mol. The van der Waals surface area contributed by atoms with Crippen molar-refractivity contribution in [2.75, 3.05) is 0 Å². The minimum atomic E-state index is 0.141. The zero-order valence-electron chi connectivity index (χ0n) is 7.80. The third-order valence-corrected chi connectivity index (χ3v) is 2.03. The number of rotatable bonds is 3. The molecule has 0 N–H and O–H groups in total. The van der Waals surface area contributed by atoms with Crippen LogP contribution >= 0.6 is 0 Å². The topological polar surface area (TPSA) is 26.3 Å². The molecule has 1 aliphatic rings. The predicted molar refractivity (Wildman–Crippen MR) is 47.8 cm³/mol. The molecule has 0 aromatic carbocycles. The number of allylic oxidation sites excluding steroid dienone is 2. The van der Waals surface area contributed by atoms with E-state index in [2.05, 4.69) is 6.92 Å². The Balaban J connectivity index is 2.39. The standard InChI is InChI=1S/C10H16O2/c1-3-4-5-10-7-9(11)6-8(2)12-10/h6,10H,3-5,7H2,1-2H3. The van der Waals surface area contributed by atoms with Gasteiger partial charge in [0.15, 0.2) is 5.78 Å². The summed E-state index contributed by atoms with van der Waals surface area (Å²) in [4.78, 5) is 11.1. The van der Waals surface area contributed by atoms with E-state index in [0.717, 1.165) is 25.0 Å². The maximum absolute atomic E-state index is 11.1. The highest BCUT2D eigenvalue weighted by atomic mass is 16.5. The van der Waals surface area contributed by atoms with Crippen molar-refractivity contribution in [2.45, 2.75) is 45.6 Å². The first kappa shape index (κ1) is 9.30. The first-order chi connectivity index (χ1) is 5.72. The van der Waals surface area contributed by atoms with E-state index in [0.29, 0.717) is 6.42 Å². The van der Waals surface area contributed by atoms with Gasteiger partial charge in [0.2, 0.25) is 0 Å². The minimum absolute atomic E-state index is 0.141. The normalized spacial score (nSPS) is 23.3. The number of unbranched alkanes of at least 4 members (excludes halogenated alkanes) is 1. The lowest BCUT2D eigenvalue weighted by molar-refractivity contribution is -0.118. The van der Waals surface area contributed by atoms with Gasteiger partial charge in [-0.25, -0.2) is 0 Å². The van der Waals surface area contributed by atoms with Crippen molar-refractivity contribution in [3.05, 3.63) is 11.8 Å². The molecule has 0 fully saturated rings. The van der Waals surface area contributed by atoms with Gasteiger partial charge in [0.05, 0.1) is 5.76 Å². The Morgan fingerprint density at radius 2 is 2.42 bits per heavy atom. The molecule has 1 heterocycles. The largest absolute Gasteiger partial charge is 0.494 e. The number of carbonyl (C=O) groups excluding carboxylic acids is 1. The Morgan fingerprint density at radius 3 is 3.00 bits per heavy atom. The molecule has 0 aromatic rings. The van der Waals surface area contributed by atoms with Gasteiger partial charge >= 0.3 is 0 Å². The Bertz CT molecular complexity index is 194. The quantitative estimate of drug-likeness (QED) is 0.647. The van der Waals surface area contributed by atoms with Gasteiger partial charge in [-0.2, -0.15) is 0 Å². The van der Waals surface area contributed by atoms with Gasteiger partial charge in [-0.1, -0.05) is 19.8 Å². The molecule has 0 saturated heterocycles. The average molecular weight is 168 g/mol. The summed E-state index contributed by atoms with van der Waals surface area (Å²) in [5, 5.41) is 0. The van der Waals surface area contributed by atoms with Crippen LogP contribution in [0.25, 0.3) is 0 Å². The van der Waals surface area contributed by atoms with Crippen LogP contribution in [0.5, 0.6) is 0 Å². The van der Waals surface area contributed by atoms with Crippen LogP contribution in [-0.4, -0.2) is 11.9 Å². The van der Waals surface area contributed by atoms with Crippen molar-refractivity contribution >= 4 is 5.78 Å². The molecule has 1 atom stereocenters. The van der Waals surface area contributed by atoms with Crippen LogP contribution in [0.2, 0.25) is 0 Å². The Hall–Kier alpha value is -0.790. The highest BCUT2D eigenvalue weighted by molar-refractivity contribution is 5.91. The summed E-state index contributed by atoms with van der Waals surface area (Å²) in [7, 11) is 0. The van der Waals surface area contributed by atoms with E-state index in [1.807, 2.05) is 6.92 Å². The number of hydrogen-bond acceptors (Lipinski definition) is 2. The number of carbonyl (C=O) groups is 1. The zero-order chi connectivity index (χ0) is 8.97. The lowest BCUT2D eigenvalue weighted by Crippen LogP contribution is -2.20. The summed E-state index contributed by atoms with van der Waals surface area (Å²) >= 11 is 0. The van der Waals surface area contributed by atoms with Gasteiger partial charge in [0.1, 0.15) is 6.10 Å². The fraction of sp³-hybridized carbons (Fsp3) is 0.700. The monoisotopic (exact) mass is 168 g/mol. The Kier molecular flexibility index (Phi) is 3.32. The maximum Gasteiger partial charge on any atom is 0.162 e. The molecule has 2 nitrogen and oxygen atoms in total. The van der Waals surface area contributed by atoms with Crippen LogP contribution in [-0.2, 0) is 9.53 Å². The van der Waals surface area contributed by atoms with E-state index in [9.17, 15) is 4.79 Å². The van der Waals surface area contributed by atoms with E-state index in [4.69, 9.17) is 4.74 Å². The molecule has 2 heteroatoms. The van der Waals surface area contributed by atoms with E-state index in [1.165, 1.54) is 0 Å². The highest BCUT2D eigenvalue weighted by Crippen LogP contribution is 2.18. The van der Waals surface area contributed by atoms with Crippen LogP contribution in [0, 0.1) is 0 Å². The molecule has 0 aliphatic carbocycles. The summed E-state index contributed by atoms with van der Waals surface area (Å²) in [5.41, 5.74) is 0. The van der Waals surface area contributed by atoms with E-state index >= 15 is 0 Å². The first-order valence-electron chi connectivity index (χ1n) is 4.60. The van der Waals surface area contributed by atoms with Crippen LogP contribution in [0.3, 0.4) is 0 Å². The van der Waals surface area contributed by atoms with Crippen LogP contribution < -0.4 is 0 Å². The molecule has 1 rings (SSSR count). The summed E-state index contributed by atoms with van der Waals surface area (Å²) in [6.07, 6.45) is 5.61. The summed E-state index contributed by atoms with van der Waals surface area (Å²) in [5.74, 6) is 0.979. The van der Waals surface area contributed by atoms with Crippen molar-refractivity contribution in [3.8, 4) is 0 Å². The molecule has 0 saturated carbocycles. The molecule has 0 amide bonds. The molecule has 0 bridgehead atoms. The van der Waals surface area contributed by atoms with Crippen LogP contribution in [0.15, 0.2) is 11.8 Å². The second-order valence-corrected chi connectivity index (χ2v) is 3.31. The van der Waals surface area contributed by atoms with Crippen LogP contribution in [0.4, 0.5) is 0 Å². The minimum Gasteiger partial charge on any atom is -0.494 e. The molecule has 1 aliphatic heterocycles. The first-order valence-corrected chi connectivity index (χ1v) is 4.60. The lowest BCUT2D eigenvalue weighted by Gasteiger charge is -2.21. The summed E-state index contributed by atoms with van der Waals surface area (Å²) in [6.45, 7) is 3.99. The van der Waals surface area contributed by atoms with E-state index in [-0.39, 0.29) is 11.9 Å². The van der Waals surface area contributed by atoms with Crippen molar-refractivity contribution < 1.29 is 9.53 Å². The van der Waals surface area contributed by atoms with E-state index < -0.39 is 0 Å². The maximum atomic E-state index is 11.1. The van der Waals surface area contributed by atoms with Crippen molar-refractivity contribution in [1.29, 1.82) is 0 Å². The second-order valence-electron chi connectivity index (χ2n) is 3.31. The van der Waals surface area contributed by atoms with Crippen LogP contribution in [0.1, 0.15) is 39.5 Å². The Morgan fingerprint density at radius 1 is 1.67 bits per heavy atom. The highest BCUT2D eigenvalue weighted by Gasteiger charge is 2.18. The zero-order valence-corrected chi connectivity index (χ0v) is 7.80. The number of ketones is 1. The van der Waals surface area contributed by atoms with Gasteiger partial charge in [0, 0.05) is 12.5 Å². The molecule has 0 spiro atoms. The van der Waals surface area contributed by atoms with Gasteiger partial charge in [0.25, 0.3) is 0 Å². The summed E-state index contributed by atoms with van der Waals surface area (Å²) < 4.78 is 5.50.